The minimum Gasteiger partial charge on any atom is -0.375 e. The van der Waals surface area contributed by atoms with E-state index >= 15 is 0 Å². The fourth-order valence-electron chi connectivity index (χ4n) is 3.61. The van der Waals surface area contributed by atoms with Crippen LogP contribution in [0.15, 0.2) is 24.4 Å². The van der Waals surface area contributed by atoms with Crippen molar-refractivity contribution in [2.24, 2.45) is 0 Å². The number of nitrogens with one attached hydrogen (secondary N) is 1. The monoisotopic (exact) mass is 449 g/mol. The summed E-state index contributed by atoms with van der Waals surface area (Å²) in [5.74, 6) is 0.513. The molecule has 1 aliphatic heterocycles. The number of nitrogens with two attached hydrogens (primary N) is 1. The molecule has 32 heavy (non-hydrogen) atoms. The molecule has 1 aliphatic rings. The van der Waals surface area contributed by atoms with Crippen molar-refractivity contribution in [3.63, 3.8) is 0 Å². The molecule has 4 heterocycles. The number of nitriles is 1. The summed E-state index contributed by atoms with van der Waals surface area (Å²) in [6.07, 6.45) is 1.62. The average molecular weight is 450 g/mol. The number of pyridine rings is 1. The molecule has 0 radical (unpaired) electrons. The zero-order valence-electron chi connectivity index (χ0n) is 17.9. The van der Waals surface area contributed by atoms with E-state index < -0.39 is 0 Å². The number of aromatic nitrogens is 4. The quantitative estimate of drug-likeness (QED) is 0.600. The van der Waals surface area contributed by atoms with Crippen LogP contribution in [-0.2, 0) is 11.3 Å². The highest BCUT2D eigenvalue weighted by Crippen LogP contribution is 2.28. The van der Waals surface area contributed by atoms with Crippen LogP contribution >= 0.6 is 11.3 Å². The van der Waals surface area contributed by atoms with Gasteiger partial charge in [0.1, 0.15) is 16.6 Å². The van der Waals surface area contributed by atoms with Gasteiger partial charge in [0, 0.05) is 57.2 Å². The lowest BCUT2D eigenvalue weighted by Crippen LogP contribution is -2.47. The number of nitrogens with zero attached hydrogens (tertiary/aromatic N) is 7. The van der Waals surface area contributed by atoms with Crippen molar-refractivity contribution in [1.29, 1.82) is 5.26 Å². The van der Waals surface area contributed by atoms with Crippen LogP contribution in [-0.4, -0.2) is 61.8 Å². The molecule has 164 valence electrons. The minimum absolute atomic E-state index is 0.120. The zero-order valence-corrected chi connectivity index (χ0v) is 18.7. The highest BCUT2D eigenvalue weighted by atomic mass is 32.1. The van der Waals surface area contributed by atoms with Crippen LogP contribution in [0.1, 0.15) is 23.2 Å². The van der Waals surface area contributed by atoms with Crippen molar-refractivity contribution in [2.75, 3.05) is 37.2 Å². The number of rotatable bonds is 5. The molecule has 3 N–H and O–H groups in total. The molecule has 1 saturated heterocycles. The van der Waals surface area contributed by atoms with Crippen LogP contribution in [0.3, 0.4) is 0 Å². The maximum atomic E-state index is 11.5. The summed E-state index contributed by atoms with van der Waals surface area (Å²) in [5, 5.41) is 12.9. The third-order valence-electron chi connectivity index (χ3n) is 5.11. The Morgan fingerprint density at radius 1 is 1.25 bits per heavy atom. The van der Waals surface area contributed by atoms with E-state index in [1.165, 1.54) is 0 Å². The van der Waals surface area contributed by atoms with Crippen molar-refractivity contribution >= 4 is 34.0 Å². The standard InChI is InChI=1S/C21H23N9OS/c1-13-9-15(10-16(25-13)12-29-5-7-30(8-6-29)14(2)31)26-21-24-4-3-17(27-21)19-18(11-22)32-20(23)28-19/h3-4,9-10H,5-8,12H2,1-2H3,(H2,23,28)(H,24,25,26,27). The molecule has 10 nitrogen and oxygen atoms in total. The number of nitrogen functional groups attached to an aromatic ring is 1. The van der Waals surface area contributed by atoms with Gasteiger partial charge in [0.15, 0.2) is 5.13 Å². The Bertz CT molecular complexity index is 1180. The Morgan fingerprint density at radius 2 is 2.03 bits per heavy atom. The number of hydrogen-bond acceptors (Lipinski definition) is 10. The van der Waals surface area contributed by atoms with Crippen LogP contribution in [0.4, 0.5) is 16.8 Å². The van der Waals surface area contributed by atoms with E-state index in [1.54, 1.807) is 19.2 Å². The van der Waals surface area contributed by atoms with E-state index in [9.17, 15) is 10.1 Å². The lowest BCUT2D eigenvalue weighted by atomic mass is 10.2. The molecular formula is C21H23N9OS. The van der Waals surface area contributed by atoms with Crippen LogP contribution in [0.2, 0.25) is 0 Å². The Kier molecular flexibility index (Phi) is 6.25. The summed E-state index contributed by atoms with van der Waals surface area (Å²) in [4.78, 5) is 33.8. The van der Waals surface area contributed by atoms with Gasteiger partial charge in [-0.15, -0.1) is 0 Å². The third-order valence-corrected chi connectivity index (χ3v) is 5.90. The number of aryl methyl sites for hydroxylation is 1. The molecule has 3 aromatic rings. The predicted molar refractivity (Wildman–Crippen MR) is 122 cm³/mol. The molecular weight excluding hydrogens is 426 g/mol. The molecule has 1 amide bonds. The van der Waals surface area contributed by atoms with Gasteiger partial charge in [-0.1, -0.05) is 11.3 Å². The summed E-state index contributed by atoms with van der Waals surface area (Å²) in [6.45, 7) is 7.36. The topological polar surface area (TPSA) is 137 Å². The van der Waals surface area contributed by atoms with Gasteiger partial charge in [-0.25, -0.2) is 15.0 Å². The lowest BCUT2D eigenvalue weighted by molar-refractivity contribution is -0.130. The van der Waals surface area contributed by atoms with Crippen LogP contribution in [0.5, 0.6) is 0 Å². The summed E-state index contributed by atoms with van der Waals surface area (Å²) in [6, 6.07) is 7.71. The molecule has 3 aromatic heterocycles. The molecule has 4 rings (SSSR count). The van der Waals surface area contributed by atoms with E-state index in [1.807, 2.05) is 24.0 Å². The highest BCUT2D eigenvalue weighted by Gasteiger charge is 2.19. The first-order valence-corrected chi connectivity index (χ1v) is 10.9. The van der Waals surface area contributed by atoms with Crippen molar-refractivity contribution in [3.8, 4) is 17.5 Å². The van der Waals surface area contributed by atoms with E-state index in [2.05, 4.69) is 36.2 Å². The number of hydrogen-bond donors (Lipinski definition) is 2. The Balaban J connectivity index is 1.49. The first-order valence-electron chi connectivity index (χ1n) is 10.1. The number of carbonyl (C=O) groups excluding carboxylic acids is 1. The van der Waals surface area contributed by atoms with E-state index in [-0.39, 0.29) is 5.91 Å². The van der Waals surface area contributed by atoms with Gasteiger partial charge in [0.2, 0.25) is 11.9 Å². The number of thiazole rings is 1. The largest absolute Gasteiger partial charge is 0.375 e. The Morgan fingerprint density at radius 3 is 2.75 bits per heavy atom. The number of piperazine rings is 1. The average Bonchev–Trinajstić information content (AvgIpc) is 3.15. The van der Waals surface area contributed by atoms with Gasteiger partial charge < -0.3 is 16.0 Å². The molecule has 0 atom stereocenters. The molecule has 1 fully saturated rings. The number of amides is 1. The molecule has 0 aromatic carbocycles. The maximum absolute atomic E-state index is 11.5. The smallest absolute Gasteiger partial charge is 0.227 e. The van der Waals surface area contributed by atoms with Crippen LogP contribution in [0, 0.1) is 18.3 Å². The van der Waals surface area contributed by atoms with Crippen molar-refractivity contribution < 1.29 is 4.79 Å². The second kappa shape index (κ2) is 9.25. The molecule has 0 bridgehead atoms. The summed E-state index contributed by atoms with van der Waals surface area (Å²) in [7, 11) is 0. The van der Waals surface area contributed by atoms with Gasteiger partial charge in [-0.3, -0.25) is 14.7 Å². The maximum Gasteiger partial charge on any atom is 0.227 e. The van der Waals surface area contributed by atoms with Crippen LogP contribution in [0.25, 0.3) is 11.4 Å². The Hall–Kier alpha value is -3.62. The van der Waals surface area contributed by atoms with Crippen molar-refractivity contribution in [3.05, 3.63) is 40.7 Å². The first-order chi connectivity index (χ1) is 15.4. The normalized spacial score (nSPS) is 14.2. The number of carbonyl (C=O) groups is 1. The summed E-state index contributed by atoms with van der Waals surface area (Å²) < 4.78 is 0. The van der Waals surface area contributed by atoms with Gasteiger partial charge in [-0.2, -0.15) is 5.26 Å². The number of anilines is 3. The van der Waals surface area contributed by atoms with E-state index in [0.29, 0.717) is 33.9 Å². The van der Waals surface area contributed by atoms with Gasteiger partial charge in [0.05, 0.1) is 11.4 Å². The van der Waals surface area contributed by atoms with Gasteiger partial charge in [-0.05, 0) is 25.1 Å². The molecule has 0 unspecified atom stereocenters. The second-order valence-corrected chi connectivity index (χ2v) is 8.53. The lowest BCUT2D eigenvalue weighted by Gasteiger charge is -2.34. The predicted octanol–water partition coefficient (Wildman–Crippen LogP) is 2.17. The highest BCUT2D eigenvalue weighted by molar-refractivity contribution is 7.16. The second-order valence-electron chi connectivity index (χ2n) is 7.50. The summed E-state index contributed by atoms with van der Waals surface area (Å²) in [5.41, 5.74) is 9.37. The summed E-state index contributed by atoms with van der Waals surface area (Å²) >= 11 is 1.13. The van der Waals surface area contributed by atoms with Crippen molar-refractivity contribution in [1.82, 2.24) is 29.7 Å². The molecule has 0 saturated carbocycles. The SMILES string of the molecule is CC(=O)N1CCN(Cc2cc(Nc3nccc(-c4nc(N)sc4C#N)n3)cc(C)n2)CC1. The van der Waals surface area contributed by atoms with Crippen LogP contribution < -0.4 is 11.1 Å². The van der Waals surface area contributed by atoms with Gasteiger partial charge >= 0.3 is 0 Å². The zero-order chi connectivity index (χ0) is 22.7. The fourth-order valence-corrected chi connectivity index (χ4v) is 4.24. The van der Waals surface area contributed by atoms with Gasteiger partial charge in [0.25, 0.3) is 0 Å². The minimum atomic E-state index is 0.120. The Labute approximate surface area is 189 Å². The first kappa shape index (κ1) is 21.6. The van der Waals surface area contributed by atoms with E-state index in [0.717, 1.165) is 54.6 Å². The third kappa shape index (κ3) is 4.99. The molecule has 11 heteroatoms. The van der Waals surface area contributed by atoms with Crippen molar-refractivity contribution in [2.45, 2.75) is 20.4 Å². The fraction of sp³-hybridized carbons (Fsp3) is 0.333. The van der Waals surface area contributed by atoms with E-state index in [4.69, 9.17) is 5.73 Å². The molecule has 0 aliphatic carbocycles. The molecule has 0 spiro atoms.